The molecule has 6 rings (SSSR count). The molecule has 2 aliphatic rings. The minimum absolute atomic E-state index is 0.0318. The second-order valence-electron chi connectivity index (χ2n) is 12.2. The molecule has 1 aromatic heterocycles. The Morgan fingerprint density at radius 1 is 0.765 bits per heavy atom. The topological polar surface area (TPSA) is 114 Å². The summed E-state index contributed by atoms with van der Waals surface area (Å²) in [7, 11) is 0. The number of ether oxygens (including phenoxy) is 2. The first kappa shape index (κ1) is 37.3. The van der Waals surface area contributed by atoms with Gasteiger partial charge in [0.1, 0.15) is 34.7 Å². The van der Waals surface area contributed by atoms with Crippen LogP contribution in [0.3, 0.4) is 0 Å². The van der Waals surface area contributed by atoms with Crippen molar-refractivity contribution in [3.05, 3.63) is 95.9 Å². The number of benzene rings is 3. The number of alkyl halides is 4. The molecule has 2 aliphatic heterocycles. The van der Waals surface area contributed by atoms with E-state index in [1.165, 1.54) is 47.4 Å². The zero-order chi connectivity index (χ0) is 36.8. The van der Waals surface area contributed by atoms with Crippen molar-refractivity contribution in [2.45, 2.75) is 43.1 Å². The minimum Gasteiger partial charge on any atom is -0.457 e. The number of nitrogens with two attached hydrogens (primary N) is 1. The summed E-state index contributed by atoms with van der Waals surface area (Å²) in [6.07, 6.45) is -3.87. The number of nitrogens with zero attached hydrogens (tertiary/aromatic N) is 4. The summed E-state index contributed by atoms with van der Waals surface area (Å²) in [6.45, 7) is 1.32. The highest BCUT2D eigenvalue weighted by molar-refractivity contribution is 5.63. The Bertz CT molecular complexity index is 1810. The number of aromatic nitrogens is 2. The lowest BCUT2D eigenvalue weighted by molar-refractivity contribution is -0.141. The van der Waals surface area contributed by atoms with Crippen molar-refractivity contribution < 1.29 is 50.1 Å². The highest BCUT2D eigenvalue weighted by Crippen LogP contribution is 2.35. The summed E-state index contributed by atoms with van der Waals surface area (Å²) in [5, 5.41) is 10.2. The molecule has 0 unspecified atom stereocenters. The number of rotatable bonds is 8. The average molecular weight is 722 g/mol. The van der Waals surface area contributed by atoms with Crippen LogP contribution in [0.5, 0.6) is 23.1 Å². The number of piperidine rings is 2. The molecule has 51 heavy (non-hydrogen) atoms. The molecule has 0 radical (unpaired) electrons. The summed E-state index contributed by atoms with van der Waals surface area (Å²) in [6, 6.07) is 15.5. The van der Waals surface area contributed by atoms with Gasteiger partial charge in [-0.15, -0.1) is 0 Å². The van der Waals surface area contributed by atoms with Gasteiger partial charge in [-0.2, -0.15) is 18.2 Å². The van der Waals surface area contributed by atoms with Crippen molar-refractivity contribution >= 4 is 17.9 Å². The van der Waals surface area contributed by atoms with Crippen LogP contribution >= 0.6 is 0 Å². The normalized spacial score (nSPS) is 16.9. The fraction of sp³-hybridized carbons (Fsp3) is 0.343. The first-order chi connectivity index (χ1) is 24.2. The third-order valence-corrected chi connectivity index (χ3v) is 8.42. The molecule has 0 spiro atoms. The van der Waals surface area contributed by atoms with Crippen LogP contribution < -0.4 is 25.0 Å². The lowest BCUT2D eigenvalue weighted by atomic mass is 9.91. The van der Waals surface area contributed by atoms with Crippen molar-refractivity contribution in [1.29, 1.82) is 0 Å². The summed E-state index contributed by atoms with van der Waals surface area (Å²) in [4.78, 5) is 21.5. The number of carbonyl (C=O) groups is 1. The van der Waals surface area contributed by atoms with Crippen molar-refractivity contribution in [1.82, 2.24) is 9.97 Å². The number of aliphatic hydroxyl groups is 1. The van der Waals surface area contributed by atoms with E-state index < -0.39 is 46.5 Å². The molecule has 2 fully saturated rings. The largest absolute Gasteiger partial charge is 0.457 e. The van der Waals surface area contributed by atoms with E-state index in [1.807, 2.05) is 4.90 Å². The van der Waals surface area contributed by atoms with Crippen molar-refractivity contribution in [2.24, 2.45) is 5.73 Å². The first-order valence-corrected chi connectivity index (χ1v) is 15.9. The smallest absolute Gasteiger partial charge is 0.433 e. The van der Waals surface area contributed by atoms with Gasteiger partial charge in [-0.05, 0) is 43.2 Å². The van der Waals surface area contributed by atoms with E-state index in [0.717, 1.165) is 12.1 Å². The quantitative estimate of drug-likeness (QED) is 0.147. The van der Waals surface area contributed by atoms with E-state index in [4.69, 9.17) is 15.2 Å². The van der Waals surface area contributed by atoms with Gasteiger partial charge in [0.25, 0.3) is 0 Å². The SMILES string of the molecule is NCC1(O)CCN(c2cc(F)cc(Oc3cccc(F)c3)c2)CC1.O=CC1(F)CCN(c2nc(Oc3cccc(F)c3)cc(C(F)(F)F)n2)CC1. The third kappa shape index (κ3) is 10.1. The van der Waals surface area contributed by atoms with Gasteiger partial charge in [0.15, 0.2) is 17.6 Å². The monoisotopic (exact) mass is 721 g/mol. The van der Waals surface area contributed by atoms with Gasteiger partial charge >= 0.3 is 6.18 Å². The van der Waals surface area contributed by atoms with Gasteiger partial charge in [0.2, 0.25) is 11.8 Å². The highest BCUT2D eigenvalue weighted by atomic mass is 19.4. The fourth-order valence-electron chi connectivity index (χ4n) is 5.44. The van der Waals surface area contributed by atoms with Crippen LogP contribution in [-0.4, -0.2) is 65.4 Å². The van der Waals surface area contributed by atoms with Crippen molar-refractivity contribution in [2.75, 3.05) is 42.5 Å². The van der Waals surface area contributed by atoms with Gasteiger partial charge in [0.05, 0.1) is 5.60 Å². The second kappa shape index (κ2) is 15.5. The molecule has 0 atom stereocenters. The maximum absolute atomic E-state index is 14.0. The molecule has 3 heterocycles. The van der Waals surface area contributed by atoms with Gasteiger partial charge in [0, 0.05) is 81.6 Å². The van der Waals surface area contributed by atoms with Crippen LogP contribution in [0, 0.1) is 17.5 Å². The second-order valence-corrected chi connectivity index (χ2v) is 12.2. The summed E-state index contributed by atoms with van der Waals surface area (Å²) in [5.41, 5.74) is 2.17. The molecule has 272 valence electrons. The van der Waals surface area contributed by atoms with E-state index in [-0.39, 0.29) is 50.5 Å². The fourth-order valence-corrected chi connectivity index (χ4v) is 5.44. The van der Waals surface area contributed by atoms with Crippen LogP contribution in [0.1, 0.15) is 31.4 Å². The summed E-state index contributed by atoms with van der Waals surface area (Å²) < 4.78 is 105. The van der Waals surface area contributed by atoms with Crippen LogP contribution in [0.4, 0.5) is 42.4 Å². The molecule has 0 amide bonds. The molecule has 3 N–H and O–H groups in total. The summed E-state index contributed by atoms with van der Waals surface area (Å²) >= 11 is 0. The predicted octanol–water partition coefficient (Wildman–Crippen LogP) is 6.98. The third-order valence-electron chi connectivity index (χ3n) is 8.42. The van der Waals surface area contributed by atoms with Gasteiger partial charge < -0.3 is 30.1 Å². The molecular weight excluding hydrogens is 687 g/mol. The van der Waals surface area contributed by atoms with Crippen LogP contribution in [0.25, 0.3) is 0 Å². The van der Waals surface area contributed by atoms with Gasteiger partial charge in [-0.1, -0.05) is 12.1 Å². The molecule has 9 nitrogen and oxygen atoms in total. The zero-order valence-electron chi connectivity index (χ0n) is 27.1. The number of carbonyl (C=O) groups excluding carboxylic acids is 1. The molecule has 0 bridgehead atoms. The molecule has 16 heteroatoms. The predicted molar refractivity (Wildman–Crippen MR) is 173 cm³/mol. The lowest BCUT2D eigenvalue weighted by Crippen LogP contribution is -2.48. The van der Waals surface area contributed by atoms with Gasteiger partial charge in [-0.25, -0.2) is 22.5 Å². The maximum atomic E-state index is 14.0. The van der Waals surface area contributed by atoms with Gasteiger partial charge in [-0.3, -0.25) is 4.79 Å². The first-order valence-electron chi connectivity index (χ1n) is 15.9. The van der Waals surface area contributed by atoms with E-state index in [9.17, 15) is 40.6 Å². The maximum Gasteiger partial charge on any atom is 0.433 e. The number of anilines is 2. The average Bonchev–Trinajstić information content (AvgIpc) is 3.08. The summed E-state index contributed by atoms with van der Waals surface area (Å²) in [5.74, 6) is -1.62. The lowest BCUT2D eigenvalue weighted by Gasteiger charge is -2.38. The van der Waals surface area contributed by atoms with Crippen LogP contribution in [0.15, 0.2) is 72.8 Å². The molecular formula is C35H34F7N5O4. The van der Waals surface area contributed by atoms with E-state index in [2.05, 4.69) is 9.97 Å². The molecule has 0 aliphatic carbocycles. The number of hydrogen-bond acceptors (Lipinski definition) is 9. The van der Waals surface area contributed by atoms with Crippen LogP contribution in [-0.2, 0) is 11.0 Å². The Morgan fingerprint density at radius 2 is 1.33 bits per heavy atom. The zero-order valence-corrected chi connectivity index (χ0v) is 27.1. The molecule has 4 aromatic rings. The van der Waals surface area contributed by atoms with Crippen LogP contribution in [0.2, 0.25) is 0 Å². The molecule has 2 saturated heterocycles. The van der Waals surface area contributed by atoms with E-state index in [0.29, 0.717) is 49.2 Å². The van der Waals surface area contributed by atoms with E-state index in [1.54, 1.807) is 12.1 Å². The minimum atomic E-state index is -4.76. The Balaban J connectivity index is 0.000000199. The number of halogens is 7. The Kier molecular flexibility index (Phi) is 11.3. The van der Waals surface area contributed by atoms with Crippen molar-refractivity contribution in [3.63, 3.8) is 0 Å². The van der Waals surface area contributed by atoms with Crippen molar-refractivity contribution in [3.8, 4) is 23.1 Å². The number of hydrogen-bond donors (Lipinski definition) is 2. The standard InChI is InChI=1S/C18H20F2N2O2.C17H14F5N3O2/c19-13-2-1-3-16(9-13)24-17-10-14(20)8-15(11-17)22-6-4-18(23,12-21)5-7-22;18-11-2-1-3-12(8-11)27-14-9-13(17(20,21)22)23-15(24-14)25-6-4-16(19,10-26)5-7-25/h1-3,8-11,23H,4-7,12,21H2;1-3,8-10H,4-7H2. The molecule has 3 aromatic carbocycles. The number of aldehydes is 1. The van der Waals surface area contributed by atoms with E-state index >= 15 is 0 Å². The Labute approximate surface area is 288 Å². The Hall–Kier alpha value is -4.96. The molecule has 0 saturated carbocycles. The highest BCUT2D eigenvalue weighted by Gasteiger charge is 2.38. The Morgan fingerprint density at radius 3 is 1.88 bits per heavy atom.